The Kier molecular flexibility index (Phi) is 3.52. The van der Waals surface area contributed by atoms with Crippen molar-refractivity contribution in [3.63, 3.8) is 0 Å². The highest BCUT2D eigenvalue weighted by atomic mass is 79.9. The summed E-state index contributed by atoms with van der Waals surface area (Å²) in [5.41, 5.74) is 0. The summed E-state index contributed by atoms with van der Waals surface area (Å²) in [5.74, 6) is 1.72. The number of alkyl halides is 1. The van der Waals surface area contributed by atoms with Crippen LogP contribution in [0.4, 0.5) is 0 Å². The van der Waals surface area contributed by atoms with Gasteiger partial charge in [-0.2, -0.15) is 4.37 Å². The van der Waals surface area contributed by atoms with Gasteiger partial charge in [-0.1, -0.05) is 15.9 Å². The van der Waals surface area contributed by atoms with E-state index in [4.69, 9.17) is 4.74 Å². The zero-order chi connectivity index (χ0) is 9.97. The van der Waals surface area contributed by atoms with Gasteiger partial charge in [-0.25, -0.2) is 4.98 Å². The molecule has 0 saturated heterocycles. The van der Waals surface area contributed by atoms with Crippen molar-refractivity contribution in [3.8, 4) is 0 Å². The van der Waals surface area contributed by atoms with Crippen LogP contribution >= 0.6 is 27.5 Å². The summed E-state index contributed by atoms with van der Waals surface area (Å²) in [5, 5.41) is 1.12. The Morgan fingerprint density at radius 3 is 3.07 bits per heavy atom. The van der Waals surface area contributed by atoms with Crippen molar-refractivity contribution in [2.24, 2.45) is 0 Å². The van der Waals surface area contributed by atoms with Crippen molar-refractivity contribution < 1.29 is 4.74 Å². The maximum atomic E-state index is 5.05. The van der Waals surface area contributed by atoms with E-state index in [0.717, 1.165) is 23.9 Å². The van der Waals surface area contributed by atoms with E-state index in [0.29, 0.717) is 10.7 Å². The molecule has 5 heteroatoms. The Morgan fingerprint density at radius 1 is 1.64 bits per heavy atom. The summed E-state index contributed by atoms with van der Waals surface area (Å²) in [6.07, 6.45) is 3.45. The maximum Gasteiger partial charge on any atom is 0.145 e. The van der Waals surface area contributed by atoms with Gasteiger partial charge < -0.3 is 4.74 Å². The Balaban J connectivity index is 1.88. The molecule has 0 amide bonds. The lowest BCUT2D eigenvalue weighted by Gasteiger charge is -2.04. The first kappa shape index (κ1) is 10.5. The quantitative estimate of drug-likeness (QED) is 0.775. The first-order chi connectivity index (χ1) is 6.79. The average Bonchev–Trinajstić information content (AvgIpc) is 2.89. The van der Waals surface area contributed by atoms with Crippen molar-refractivity contribution >= 4 is 27.5 Å². The fraction of sp³-hybridized carbons (Fsp3) is 0.778. The number of nitrogens with zero attached hydrogens (tertiary/aromatic N) is 2. The van der Waals surface area contributed by atoms with Crippen molar-refractivity contribution in [1.82, 2.24) is 9.36 Å². The Hall–Kier alpha value is -0.0000000000000000278. The predicted octanol–water partition coefficient (Wildman–Crippen LogP) is 2.37. The van der Waals surface area contributed by atoms with Crippen LogP contribution in [-0.2, 0) is 11.2 Å². The third-order valence-electron chi connectivity index (χ3n) is 2.17. The molecule has 14 heavy (non-hydrogen) atoms. The van der Waals surface area contributed by atoms with Gasteiger partial charge in [0.2, 0.25) is 0 Å². The van der Waals surface area contributed by atoms with Crippen LogP contribution in [0.15, 0.2) is 0 Å². The van der Waals surface area contributed by atoms with Gasteiger partial charge in [0.05, 0.1) is 6.61 Å². The molecule has 78 valence electrons. The van der Waals surface area contributed by atoms with Gasteiger partial charge in [-0.15, -0.1) is 0 Å². The van der Waals surface area contributed by atoms with E-state index in [1.165, 1.54) is 24.4 Å². The summed E-state index contributed by atoms with van der Waals surface area (Å²) in [7, 11) is 1.71. The predicted molar refractivity (Wildman–Crippen MR) is 60.2 cm³/mol. The van der Waals surface area contributed by atoms with Gasteiger partial charge in [0.1, 0.15) is 10.8 Å². The molecule has 1 unspecified atom stereocenters. The topological polar surface area (TPSA) is 35.0 Å². The summed E-state index contributed by atoms with van der Waals surface area (Å²) < 4.78 is 9.41. The lowest BCUT2D eigenvalue weighted by atomic mass is 10.3. The van der Waals surface area contributed by atoms with E-state index in [1.54, 1.807) is 7.11 Å². The molecule has 1 aromatic rings. The van der Waals surface area contributed by atoms with Crippen LogP contribution in [0.1, 0.15) is 29.6 Å². The van der Waals surface area contributed by atoms with Gasteiger partial charge in [0.15, 0.2) is 0 Å². The van der Waals surface area contributed by atoms with Crippen LogP contribution in [0.2, 0.25) is 0 Å². The first-order valence-electron chi connectivity index (χ1n) is 4.75. The number of halogens is 1. The van der Waals surface area contributed by atoms with Crippen LogP contribution in [0.3, 0.4) is 0 Å². The summed E-state index contributed by atoms with van der Waals surface area (Å²) >= 11 is 5.08. The fourth-order valence-corrected chi connectivity index (χ4v) is 2.87. The van der Waals surface area contributed by atoms with E-state index in [2.05, 4.69) is 25.3 Å². The number of rotatable bonds is 5. The highest BCUT2D eigenvalue weighted by molar-refractivity contribution is 9.09. The molecule has 0 radical (unpaired) electrons. The molecule has 0 spiro atoms. The molecule has 1 heterocycles. The molecule has 0 aliphatic heterocycles. The Labute approximate surface area is 96.2 Å². The molecule has 1 aliphatic rings. The van der Waals surface area contributed by atoms with Gasteiger partial charge in [0.25, 0.3) is 0 Å². The average molecular weight is 277 g/mol. The molecule has 0 N–H and O–H groups in total. The zero-order valence-corrected chi connectivity index (χ0v) is 10.5. The second-order valence-electron chi connectivity index (χ2n) is 3.58. The minimum absolute atomic E-state index is 0.354. The van der Waals surface area contributed by atoms with E-state index < -0.39 is 0 Å². The van der Waals surface area contributed by atoms with Crippen molar-refractivity contribution in [2.45, 2.75) is 30.0 Å². The van der Waals surface area contributed by atoms with Crippen molar-refractivity contribution in [2.75, 3.05) is 13.7 Å². The monoisotopic (exact) mass is 276 g/mol. The molecular weight excluding hydrogens is 264 g/mol. The third kappa shape index (κ3) is 2.74. The molecule has 1 fully saturated rings. The minimum atomic E-state index is 0.354. The van der Waals surface area contributed by atoms with Crippen LogP contribution in [0.25, 0.3) is 0 Å². The molecule has 1 aliphatic carbocycles. The Bertz CT molecular complexity index is 301. The van der Waals surface area contributed by atoms with Gasteiger partial charge >= 0.3 is 0 Å². The minimum Gasteiger partial charge on any atom is -0.384 e. The highest BCUT2D eigenvalue weighted by Crippen LogP contribution is 2.38. The number of hydrogen-bond donors (Lipinski definition) is 0. The van der Waals surface area contributed by atoms with Gasteiger partial charge in [-0.3, -0.25) is 0 Å². The number of methoxy groups -OCH3 is 1. The standard InChI is InChI=1S/C9H13BrN2OS/c1-13-5-7(10)4-8-11-9(12-14-8)6-2-3-6/h6-7H,2-5H2,1H3. The second-order valence-corrected chi connectivity index (χ2v) is 5.71. The summed E-state index contributed by atoms with van der Waals surface area (Å²) in [6.45, 7) is 0.721. The number of hydrogen-bond acceptors (Lipinski definition) is 4. The van der Waals surface area contributed by atoms with Crippen molar-refractivity contribution in [3.05, 3.63) is 10.8 Å². The summed E-state index contributed by atoms with van der Waals surface area (Å²) in [6, 6.07) is 0. The molecular formula is C9H13BrN2OS. The van der Waals surface area contributed by atoms with Crippen LogP contribution in [0.5, 0.6) is 0 Å². The first-order valence-corrected chi connectivity index (χ1v) is 6.44. The smallest absolute Gasteiger partial charge is 0.145 e. The fourth-order valence-electron chi connectivity index (χ4n) is 1.29. The number of ether oxygens (including phenoxy) is 1. The van der Waals surface area contributed by atoms with E-state index in [-0.39, 0.29) is 0 Å². The summed E-state index contributed by atoms with van der Waals surface area (Å²) in [4.78, 5) is 4.87. The lowest BCUT2D eigenvalue weighted by molar-refractivity contribution is 0.200. The lowest BCUT2D eigenvalue weighted by Crippen LogP contribution is -2.09. The van der Waals surface area contributed by atoms with E-state index in [9.17, 15) is 0 Å². The van der Waals surface area contributed by atoms with Crippen LogP contribution < -0.4 is 0 Å². The molecule has 3 nitrogen and oxygen atoms in total. The molecule has 1 aromatic heterocycles. The van der Waals surface area contributed by atoms with Crippen molar-refractivity contribution in [1.29, 1.82) is 0 Å². The van der Waals surface area contributed by atoms with E-state index >= 15 is 0 Å². The molecule has 0 bridgehead atoms. The van der Waals surface area contributed by atoms with Gasteiger partial charge in [0, 0.05) is 24.3 Å². The molecule has 1 atom stereocenters. The van der Waals surface area contributed by atoms with E-state index in [1.807, 2.05) is 0 Å². The second kappa shape index (κ2) is 4.68. The molecule has 1 saturated carbocycles. The normalized spacial score (nSPS) is 18.4. The zero-order valence-electron chi connectivity index (χ0n) is 8.07. The van der Waals surface area contributed by atoms with Crippen LogP contribution in [0, 0.1) is 0 Å². The third-order valence-corrected chi connectivity index (χ3v) is 3.51. The van der Waals surface area contributed by atoms with Gasteiger partial charge in [-0.05, 0) is 24.4 Å². The molecule has 0 aromatic carbocycles. The van der Waals surface area contributed by atoms with Crippen LogP contribution in [-0.4, -0.2) is 27.9 Å². The SMILES string of the molecule is COCC(Br)Cc1nc(C2CC2)ns1. The Morgan fingerprint density at radius 2 is 2.43 bits per heavy atom. The maximum absolute atomic E-state index is 5.05. The highest BCUT2D eigenvalue weighted by Gasteiger charge is 2.27. The largest absolute Gasteiger partial charge is 0.384 e. The molecule has 2 rings (SSSR count). The number of aromatic nitrogens is 2.